The molecular formula is C9H8Br2F. The van der Waals surface area contributed by atoms with Gasteiger partial charge in [-0.05, 0) is 50.4 Å². The molecule has 0 N–H and O–H groups in total. The summed E-state index contributed by atoms with van der Waals surface area (Å²) in [7, 11) is 0. The van der Waals surface area contributed by atoms with Crippen molar-refractivity contribution >= 4 is 31.9 Å². The lowest BCUT2D eigenvalue weighted by atomic mass is 10.0. The Kier molecular flexibility index (Phi) is 3.72. The van der Waals surface area contributed by atoms with Crippen LogP contribution in [0.1, 0.15) is 11.5 Å². The van der Waals surface area contributed by atoms with E-state index in [4.69, 9.17) is 0 Å². The third kappa shape index (κ3) is 2.07. The molecule has 0 heterocycles. The fourth-order valence-corrected chi connectivity index (χ4v) is 1.89. The van der Waals surface area contributed by atoms with E-state index in [0.29, 0.717) is 0 Å². The first kappa shape index (κ1) is 10.2. The Morgan fingerprint density at radius 3 is 2.67 bits per heavy atom. The maximum Gasteiger partial charge on any atom is 0.0963 e. The molecule has 0 fully saturated rings. The number of alkyl halides is 1. The fourth-order valence-electron chi connectivity index (χ4n) is 0.919. The second kappa shape index (κ2) is 4.38. The van der Waals surface area contributed by atoms with Gasteiger partial charge in [0.05, 0.1) is 6.67 Å². The maximum atomic E-state index is 12.3. The molecule has 0 amide bonds. The van der Waals surface area contributed by atoms with E-state index in [1.54, 1.807) is 0 Å². The van der Waals surface area contributed by atoms with Crippen molar-refractivity contribution in [1.82, 2.24) is 0 Å². The van der Waals surface area contributed by atoms with Crippen molar-refractivity contribution in [3.63, 3.8) is 0 Å². The van der Waals surface area contributed by atoms with Crippen molar-refractivity contribution in [3.05, 3.63) is 39.6 Å². The molecule has 1 unspecified atom stereocenters. The molecule has 1 aromatic rings. The Labute approximate surface area is 88.4 Å². The third-order valence-electron chi connectivity index (χ3n) is 1.61. The molecule has 1 aromatic carbocycles. The molecule has 1 radical (unpaired) electrons. The van der Waals surface area contributed by atoms with Gasteiger partial charge in [0.2, 0.25) is 0 Å². The van der Waals surface area contributed by atoms with Gasteiger partial charge in [0, 0.05) is 14.9 Å². The highest BCUT2D eigenvalue weighted by Gasteiger charge is 2.10. The van der Waals surface area contributed by atoms with Crippen molar-refractivity contribution < 1.29 is 4.39 Å². The molecule has 0 aliphatic heterocycles. The lowest BCUT2D eigenvalue weighted by Crippen LogP contribution is -1.96. The standard InChI is InChI=1S/C9H8Br2F/c1-6(5-12)7-3-2-4-8(10)9(7)11/h2-4,6H,1,5H2. The number of benzene rings is 1. The number of rotatable bonds is 2. The summed E-state index contributed by atoms with van der Waals surface area (Å²) in [6, 6.07) is 5.64. The Bertz CT molecular complexity index is 273. The fraction of sp³-hybridized carbons (Fsp3) is 0.222. The van der Waals surface area contributed by atoms with Crippen LogP contribution in [0.2, 0.25) is 0 Å². The van der Waals surface area contributed by atoms with Crippen LogP contribution < -0.4 is 0 Å². The lowest BCUT2D eigenvalue weighted by molar-refractivity contribution is 0.464. The van der Waals surface area contributed by atoms with Gasteiger partial charge in [-0.3, -0.25) is 4.39 Å². The van der Waals surface area contributed by atoms with Crippen LogP contribution in [0.5, 0.6) is 0 Å². The van der Waals surface area contributed by atoms with E-state index in [1.807, 2.05) is 18.2 Å². The highest BCUT2D eigenvalue weighted by Crippen LogP contribution is 2.31. The number of halogens is 3. The highest BCUT2D eigenvalue weighted by atomic mass is 79.9. The summed E-state index contributed by atoms with van der Waals surface area (Å²) < 4.78 is 14.1. The first-order valence-electron chi connectivity index (χ1n) is 3.49. The van der Waals surface area contributed by atoms with Crippen LogP contribution in [0.3, 0.4) is 0 Å². The van der Waals surface area contributed by atoms with Gasteiger partial charge in [0.1, 0.15) is 0 Å². The summed E-state index contributed by atoms with van der Waals surface area (Å²) in [5.41, 5.74) is 0.895. The van der Waals surface area contributed by atoms with E-state index in [9.17, 15) is 4.39 Å². The summed E-state index contributed by atoms with van der Waals surface area (Å²) in [6.45, 7) is 3.27. The van der Waals surface area contributed by atoms with Gasteiger partial charge < -0.3 is 0 Å². The summed E-state index contributed by atoms with van der Waals surface area (Å²) in [5, 5.41) is 0. The quantitative estimate of drug-likeness (QED) is 0.770. The molecule has 0 saturated heterocycles. The van der Waals surface area contributed by atoms with Gasteiger partial charge in [-0.2, -0.15) is 0 Å². The summed E-state index contributed by atoms with van der Waals surface area (Å²) in [5.74, 6) is -0.295. The van der Waals surface area contributed by atoms with Crippen molar-refractivity contribution in [2.45, 2.75) is 5.92 Å². The number of hydrogen-bond donors (Lipinski definition) is 0. The van der Waals surface area contributed by atoms with Gasteiger partial charge in [0.25, 0.3) is 0 Å². The van der Waals surface area contributed by atoms with E-state index >= 15 is 0 Å². The van der Waals surface area contributed by atoms with Gasteiger partial charge in [-0.1, -0.05) is 12.1 Å². The monoisotopic (exact) mass is 293 g/mol. The zero-order valence-corrected chi connectivity index (χ0v) is 9.53. The molecule has 0 aliphatic carbocycles. The first-order valence-corrected chi connectivity index (χ1v) is 5.08. The minimum Gasteiger partial charge on any atom is -0.250 e. The van der Waals surface area contributed by atoms with Crippen molar-refractivity contribution in [2.24, 2.45) is 0 Å². The molecule has 65 valence electrons. The molecule has 3 heteroatoms. The Morgan fingerprint density at radius 1 is 1.42 bits per heavy atom. The Hall–Kier alpha value is 0.110. The van der Waals surface area contributed by atoms with Crippen molar-refractivity contribution in [1.29, 1.82) is 0 Å². The van der Waals surface area contributed by atoms with Crippen LogP contribution in [0.15, 0.2) is 27.1 Å². The summed E-state index contributed by atoms with van der Waals surface area (Å²) >= 11 is 6.71. The normalized spacial score (nSPS) is 13.0. The molecule has 0 aliphatic rings. The average Bonchev–Trinajstić information content (AvgIpc) is 2.08. The molecule has 0 bridgehead atoms. The van der Waals surface area contributed by atoms with E-state index in [1.165, 1.54) is 0 Å². The van der Waals surface area contributed by atoms with E-state index in [0.717, 1.165) is 14.5 Å². The van der Waals surface area contributed by atoms with Crippen LogP contribution in [0, 0.1) is 6.92 Å². The average molecular weight is 295 g/mol. The molecule has 1 rings (SSSR count). The minimum absolute atomic E-state index is 0.295. The van der Waals surface area contributed by atoms with E-state index in [2.05, 4.69) is 38.8 Å². The molecule has 1 atom stereocenters. The Balaban J connectivity index is 3.07. The van der Waals surface area contributed by atoms with Crippen LogP contribution in [0.4, 0.5) is 4.39 Å². The molecule has 0 nitrogen and oxygen atoms in total. The summed E-state index contributed by atoms with van der Waals surface area (Å²) in [4.78, 5) is 0. The van der Waals surface area contributed by atoms with Gasteiger partial charge >= 0.3 is 0 Å². The van der Waals surface area contributed by atoms with Crippen LogP contribution >= 0.6 is 31.9 Å². The predicted octanol–water partition coefficient (Wildman–Crippen LogP) is 4.10. The SMILES string of the molecule is [CH2]C(CF)c1cccc(Br)c1Br. The predicted molar refractivity (Wildman–Crippen MR) is 55.9 cm³/mol. The zero-order valence-electron chi connectivity index (χ0n) is 6.36. The maximum absolute atomic E-state index is 12.3. The van der Waals surface area contributed by atoms with Gasteiger partial charge in [0.15, 0.2) is 0 Å². The van der Waals surface area contributed by atoms with Gasteiger partial charge in [-0.15, -0.1) is 0 Å². The second-order valence-corrected chi connectivity index (χ2v) is 4.14. The highest BCUT2D eigenvalue weighted by molar-refractivity contribution is 9.13. The van der Waals surface area contributed by atoms with Crippen LogP contribution in [-0.4, -0.2) is 6.67 Å². The topological polar surface area (TPSA) is 0 Å². The zero-order chi connectivity index (χ0) is 9.14. The molecular weight excluding hydrogens is 287 g/mol. The molecule has 12 heavy (non-hydrogen) atoms. The first-order chi connectivity index (χ1) is 5.66. The van der Waals surface area contributed by atoms with Crippen LogP contribution in [0.25, 0.3) is 0 Å². The largest absolute Gasteiger partial charge is 0.250 e. The van der Waals surface area contributed by atoms with Crippen molar-refractivity contribution in [3.8, 4) is 0 Å². The molecule has 0 spiro atoms. The number of hydrogen-bond acceptors (Lipinski definition) is 0. The second-order valence-electron chi connectivity index (χ2n) is 2.49. The lowest BCUT2D eigenvalue weighted by Gasteiger charge is -2.10. The van der Waals surface area contributed by atoms with E-state index in [-0.39, 0.29) is 5.92 Å². The van der Waals surface area contributed by atoms with E-state index < -0.39 is 6.67 Å². The smallest absolute Gasteiger partial charge is 0.0963 e. The van der Waals surface area contributed by atoms with Crippen LogP contribution in [-0.2, 0) is 0 Å². The minimum atomic E-state index is -0.435. The summed E-state index contributed by atoms with van der Waals surface area (Å²) in [6.07, 6.45) is 0. The molecule has 0 saturated carbocycles. The van der Waals surface area contributed by atoms with Crippen molar-refractivity contribution in [2.75, 3.05) is 6.67 Å². The molecule has 0 aromatic heterocycles. The van der Waals surface area contributed by atoms with Gasteiger partial charge in [-0.25, -0.2) is 0 Å². The Morgan fingerprint density at radius 2 is 2.08 bits per heavy atom. The third-order valence-corrected chi connectivity index (χ3v) is 3.69.